The fourth-order valence-electron chi connectivity index (χ4n) is 3.56. The lowest BCUT2D eigenvalue weighted by molar-refractivity contribution is 1.11. The second-order valence-corrected chi connectivity index (χ2v) is 6.04. The molecule has 2 aliphatic carbocycles. The van der Waals surface area contributed by atoms with Gasteiger partial charge in [0, 0.05) is 25.3 Å². The molecule has 2 aromatic carbocycles. The summed E-state index contributed by atoms with van der Waals surface area (Å²) in [7, 11) is 4.27. The molecule has 21 heavy (non-hydrogen) atoms. The van der Waals surface area contributed by atoms with Gasteiger partial charge >= 0.3 is 0 Å². The molecule has 2 aromatic rings. The number of fused-ring (bicyclic) bond motifs is 3. The first kappa shape index (κ1) is 12.5. The Morgan fingerprint density at radius 2 is 1.81 bits per heavy atom. The van der Waals surface area contributed by atoms with Crippen LogP contribution in [0.1, 0.15) is 23.1 Å². The average Bonchev–Trinajstić information content (AvgIpc) is 3.13. The summed E-state index contributed by atoms with van der Waals surface area (Å²) in [6, 6.07) is 13.4. The Kier molecular flexibility index (Phi) is 2.75. The van der Waals surface area contributed by atoms with E-state index >= 15 is 0 Å². The van der Waals surface area contributed by atoms with Gasteiger partial charge < -0.3 is 4.90 Å². The van der Waals surface area contributed by atoms with Crippen molar-refractivity contribution in [2.75, 3.05) is 19.0 Å². The molecule has 2 aliphatic rings. The maximum absolute atomic E-state index is 2.29. The van der Waals surface area contributed by atoms with Crippen molar-refractivity contribution >= 4 is 11.3 Å². The summed E-state index contributed by atoms with van der Waals surface area (Å²) in [4.78, 5) is 2.23. The van der Waals surface area contributed by atoms with Gasteiger partial charge in [0.2, 0.25) is 0 Å². The van der Waals surface area contributed by atoms with Gasteiger partial charge in [0.25, 0.3) is 0 Å². The molecule has 0 saturated heterocycles. The molecule has 0 spiro atoms. The molecule has 1 nitrogen and oxygen atoms in total. The van der Waals surface area contributed by atoms with Crippen molar-refractivity contribution in [3.8, 4) is 11.1 Å². The molecule has 0 heterocycles. The summed E-state index contributed by atoms with van der Waals surface area (Å²) in [5, 5.41) is 0. The van der Waals surface area contributed by atoms with Gasteiger partial charge in [-0.05, 0) is 46.7 Å². The van der Waals surface area contributed by atoms with Gasteiger partial charge in [-0.1, -0.05) is 48.6 Å². The first-order chi connectivity index (χ1) is 10.3. The highest BCUT2D eigenvalue weighted by molar-refractivity contribution is 5.90. The minimum Gasteiger partial charge on any atom is -0.377 e. The zero-order chi connectivity index (χ0) is 14.4. The summed E-state index contributed by atoms with van der Waals surface area (Å²) < 4.78 is 0. The number of hydrogen-bond donors (Lipinski definition) is 0. The smallest absolute Gasteiger partial charge is 0.0440 e. The van der Waals surface area contributed by atoms with Crippen molar-refractivity contribution in [3.05, 3.63) is 71.3 Å². The summed E-state index contributed by atoms with van der Waals surface area (Å²) in [5.74, 6) is 0. The van der Waals surface area contributed by atoms with Gasteiger partial charge in [0.05, 0.1) is 0 Å². The first-order valence-electron chi connectivity index (χ1n) is 7.53. The van der Waals surface area contributed by atoms with Gasteiger partial charge in [0.15, 0.2) is 0 Å². The van der Waals surface area contributed by atoms with Crippen LogP contribution in [-0.2, 0) is 6.42 Å². The fourth-order valence-corrected chi connectivity index (χ4v) is 3.56. The number of rotatable bonds is 2. The summed E-state index contributed by atoms with van der Waals surface area (Å²) in [6.45, 7) is 0. The third kappa shape index (κ3) is 1.84. The minimum absolute atomic E-state index is 1.05. The van der Waals surface area contributed by atoms with Crippen LogP contribution in [0.2, 0.25) is 0 Å². The summed E-state index contributed by atoms with van der Waals surface area (Å²) >= 11 is 0. The van der Waals surface area contributed by atoms with Crippen molar-refractivity contribution in [1.82, 2.24) is 0 Å². The van der Waals surface area contributed by atoms with Gasteiger partial charge in [-0.2, -0.15) is 0 Å². The second kappa shape index (κ2) is 4.63. The Morgan fingerprint density at radius 3 is 2.57 bits per heavy atom. The van der Waals surface area contributed by atoms with Gasteiger partial charge in [-0.3, -0.25) is 0 Å². The maximum Gasteiger partial charge on any atom is 0.0440 e. The summed E-state index contributed by atoms with van der Waals surface area (Å²) in [6.07, 6.45) is 8.80. The van der Waals surface area contributed by atoms with Crippen molar-refractivity contribution in [3.63, 3.8) is 0 Å². The second-order valence-electron chi connectivity index (χ2n) is 6.04. The Balaban J connectivity index is 1.96. The molecule has 1 heteroatoms. The molecule has 0 fully saturated rings. The Hall–Kier alpha value is -2.28. The zero-order valence-corrected chi connectivity index (χ0v) is 12.6. The maximum atomic E-state index is 2.29. The molecule has 0 saturated carbocycles. The van der Waals surface area contributed by atoms with E-state index in [9.17, 15) is 0 Å². The van der Waals surface area contributed by atoms with Crippen LogP contribution in [-0.4, -0.2) is 14.1 Å². The van der Waals surface area contributed by atoms with Crippen LogP contribution >= 0.6 is 0 Å². The molecule has 0 unspecified atom stereocenters. The van der Waals surface area contributed by atoms with E-state index in [1.807, 2.05) is 0 Å². The molecular weight excluding hydrogens is 254 g/mol. The van der Waals surface area contributed by atoms with E-state index in [1.54, 1.807) is 0 Å². The van der Waals surface area contributed by atoms with E-state index in [1.165, 1.54) is 39.1 Å². The summed E-state index contributed by atoms with van der Waals surface area (Å²) in [5.41, 5.74) is 10.00. The first-order valence-corrected chi connectivity index (χ1v) is 7.53. The predicted molar refractivity (Wildman–Crippen MR) is 90.7 cm³/mol. The molecule has 0 N–H and O–H groups in total. The van der Waals surface area contributed by atoms with Crippen LogP contribution in [0.5, 0.6) is 0 Å². The molecule has 0 aromatic heterocycles. The van der Waals surface area contributed by atoms with Crippen molar-refractivity contribution in [2.24, 2.45) is 0 Å². The minimum atomic E-state index is 1.05. The van der Waals surface area contributed by atoms with E-state index in [4.69, 9.17) is 0 Å². The topological polar surface area (TPSA) is 3.24 Å². The molecule has 0 radical (unpaired) electrons. The predicted octanol–water partition coefficient (Wildman–Crippen LogP) is 4.67. The number of anilines is 1. The van der Waals surface area contributed by atoms with E-state index in [0.29, 0.717) is 0 Å². The fraction of sp³-hybridized carbons (Fsp3) is 0.200. The van der Waals surface area contributed by atoms with Crippen LogP contribution in [0.3, 0.4) is 0 Å². The number of hydrogen-bond acceptors (Lipinski definition) is 1. The number of nitrogens with zero attached hydrogens (tertiary/aromatic N) is 1. The number of benzene rings is 2. The quantitative estimate of drug-likeness (QED) is 0.656. The monoisotopic (exact) mass is 273 g/mol. The standard InChI is InChI=1S/C20H19N/c1-21(2)19-12-11-17-16-10-6-5-9-15(16)13-18(17)20(19)14-7-3-4-8-14/h3-7,9-12H,8,13H2,1-2H3. The van der Waals surface area contributed by atoms with E-state index < -0.39 is 0 Å². The van der Waals surface area contributed by atoms with Gasteiger partial charge in [0.1, 0.15) is 0 Å². The third-order valence-electron chi connectivity index (χ3n) is 4.54. The normalized spacial score (nSPS) is 14.9. The highest BCUT2D eigenvalue weighted by Gasteiger charge is 2.25. The highest BCUT2D eigenvalue weighted by atomic mass is 15.1. The van der Waals surface area contributed by atoms with E-state index in [2.05, 4.69) is 73.6 Å². The molecule has 0 atom stereocenters. The lowest BCUT2D eigenvalue weighted by atomic mass is 9.92. The lowest BCUT2D eigenvalue weighted by Crippen LogP contribution is -2.12. The SMILES string of the molecule is CN(C)c1ccc2c(c1C1=CC=CC1)Cc1ccccc1-2. The highest BCUT2D eigenvalue weighted by Crippen LogP contribution is 2.44. The van der Waals surface area contributed by atoms with Crippen LogP contribution < -0.4 is 4.90 Å². The molecule has 4 rings (SSSR count). The number of allylic oxidation sites excluding steroid dienone is 4. The van der Waals surface area contributed by atoms with Crippen LogP contribution in [0.4, 0.5) is 5.69 Å². The van der Waals surface area contributed by atoms with Crippen LogP contribution in [0.15, 0.2) is 54.6 Å². The Labute approximate surface area is 126 Å². The molecule has 0 bridgehead atoms. The van der Waals surface area contributed by atoms with Crippen molar-refractivity contribution in [1.29, 1.82) is 0 Å². The van der Waals surface area contributed by atoms with Gasteiger partial charge in [-0.25, -0.2) is 0 Å². The zero-order valence-electron chi connectivity index (χ0n) is 12.6. The van der Waals surface area contributed by atoms with Crippen LogP contribution in [0, 0.1) is 0 Å². The Bertz CT molecular complexity index is 778. The largest absolute Gasteiger partial charge is 0.377 e. The molecular formula is C20H19N. The third-order valence-corrected chi connectivity index (χ3v) is 4.54. The van der Waals surface area contributed by atoms with Crippen LogP contribution in [0.25, 0.3) is 16.7 Å². The van der Waals surface area contributed by atoms with Gasteiger partial charge in [-0.15, -0.1) is 0 Å². The van der Waals surface area contributed by atoms with E-state index in [0.717, 1.165) is 12.8 Å². The van der Waals surface area contributed by atoms with Crippen molar-refractivity contribution in [2.45, 2.75) is 12.8 Å². The van der Waals surface area contributed by atoms with Crippen molar-refractivity contribution < 1.29 is 0 Å². The molecule has 0 amide bonds. The average molecular weight is 273 g/mol. The Morgan fingerprint density at radius 1 is 0.952 bits per heavy atom. The molecule has 0 aliphatic heterocycles. The lowest BCUT2D eigenvalue weighted by Gasteiger charge is -2.21. The van der Waals surface area contributed by atoms with E-state index in [-0.39, 0.29) is 0 Å². The molecule has 104 valence electrons.